The molecule has 4 nitrogen and oxygen atoms in total. The number of nitrogens with zero attached hydrogens (tertiary/aromatic N) is 2. The van der Waals surface area contributed by atoms with E-state index < -0.39 is 0 Å². The van der Waals surface area contributed by atoms with Crippen molar-refractivity contribution in [2.24, 2.45) is 0 Å². The van der Waals surface area contributed by atoms with Gasteiger partial charge in [-0.3, -0.25) is 4.79 Å². The summed E-state index contributed by atoms with van der Waals surface area (Å²) < 4.78 is 5.16. The molecule has 1 heterocycles. The van der Waals surface area contributed by atoms with Gasteiger partial charge in [0.2, 0.25) is 5.91 Å². The molecule has 0 bridgehead atoms. The standard InChI is InChI=1S/C17H28N2O2/c1-13-16(14(2)21-18-13)11-12-17(20)19(3)15-9-7-5-4-6-8-10-15/h15H,4-12H2,1-3H3. The van der Waals surface area contributed by atoms with Crippen LogP contribution >= 0.6 is 0 Å². The van der Waals surface area contributed by atoms with Crippen LogP contribution in [0.25, 0.3) is 0 Å². The molecule has 2 rings (SSSR count). The van der Waals surface area contributed by atoms with Gasteiger partial charge in [-0.15, -0.1) is 0 Å². The number of carbonyl (C=O) groups excluding carboxylic acids is 1. The molecule has 0 spiro atoms. The van der Waals surface area contributed by atoms with Gasteiger partial charge < -0.3 is 9.42 Å². The summed E-state index contributed by atoms with van der Waals surface area (Å²) in [6.45, 7) is 3.85. The van der Waals surface area contributed by atoms with Gasteiger partial charge in [0.1, 0.15) is 5.76 Å². The predicted molar refractivity (Wildman–Crippen MR) is 83.2 cm³/mol. The minimum atomic E-state index is 0.251. The number of amides is 1. The van der Waals surface area contributed by atoms with Gasteiger partial charge in [-0.25, -0.2) is 0 Å². The molecule has 1 aliphatic carbocycles. The Kier molecular flexibility index (Phi) is 5.83. The number of hydrogen-bond acceptors (Lipinski definition) is 3. The quantitative estimate of drug-likeness (QED) is 0.848. The zero-order valence-corrected chi connectivity index (χ0v) is 13.7. The number of rotatable bonds is 4. The summed E-state index contributed by atoms with van der Waals surface area (Å²) in [5.74, 6) is 1.09. The Morgan fingerprint density at radius 2 is 1.81 bits per heavy atom. The monoisotopic (exact) mass is 292 g/mol. The molecule has 118 valence electrons. The molecular weight excluding hydrogens is 264 g/mol. The van der Waals surface area contributed by atoms with E-state index in [1.54, 1.807) is 0 Å². The van der Waals surface area contributed by atoms with E-state index in [1.165, 1.54) is 32.1 Å². The summed E-state index contributed by atoms with van der Waals surface area (Å²) in [6, 6.07) is 0.433. The highest BCUT2D eigenvalue weighted by Crippen LogP contribution is 2.22. The lowest BCUT2D eigenvalue weighted by Crippen LogP contribution is -2.37. The molecule has 1 fully saturated rings. The van der Waals surface area contributed by atoms with Crippen LogP contribution in [0, 0.1) is 13.8 Å². The predicted octanol–water partition coefficient (Wildman–Crippen LogP) is 3.80. The van der Waals surface area contributed by atoms with Gasteiger partial charge in [-0.1, -0.05) is 37.3 Å². The van der Waals surface area contributed by atoms with Crippen LogP contribution in [0.3, 0.4) is 0 Å². The normalized spacial score (nSPS) is 17.3. The number of carbonyl (C=O) groups is 1. The SMILES string of the molecule is Cc1noc(C)c1CCC(=O)N(C)C1CCCCCCC1. The average molecular weight is 292 g/mol. The summed E-state index contributed by atoms with van der Waals surface area (Å²) in [5, 5.41) is 3.95. The largest absolute Gasteiger partial charge is 0.361 e. The molecule has 21 heavy (non-hydrogen) atoms. The molecule has 1 aromatic heterocycles. The topological polar surface area (TPSA) is 46.3 Å². The Hall–Kier alpha value is -1.32. The van der Waals surface area contributed by atoms with Crippen molar-refractivity contribution < 1.29 is 9.32 Å². The average Bonchev–Trinajstić information content (AvgIpc) is 2.74. The van der Waals surface area contributed by atoms with Crippen LogP contribution in [0.2, 0.25) is 0 Å². The molecule has 0 radical (unpaired) electrons. The molecule has 0 saturated heterocycles. The fourth-order valence-electron chi connectivity index (χ4n) is 3.29. The molecule has 0 aromatic carbocycles. The van der Waals surface area contributed by atoms with Crippen LogP contribution in [0.5, 0.6) is 0 Å². The maximum Gasteiger partial charge on any atom is 0.222 e. The van der Waals surface area contributed by atoms with E-state index in [0.29, 0.717) is 12.5 Å². The van der Waals surface area contributed by atoms with E-state index >= 15 is 0 Å². The Bertz CT molecular complexity index is 440. The second kappa shape index (κ2) is 7.62. The van der Waals surface area contributed by atoms with Gasteiger partial charge in [0.25, 0.3) is 0 Å². The molecule has 1 amide bonds. The van der Waals surface area contributed by atoms with Gasteiger partial charge in [0.05, 0.1) is 5.69 Å². The van der Waals surface area contributed by atoms with Crippen molar-refractivity contribution in [2.45, 2.75) is 77.7 Å². The first kappa shape index (κ1) is 16.1. The molecule has 0 atom stereocenters. The summed E-state index contributed by atoms with van der Waals surface area (Å²) in [7, 11) is 1.97. The highest BCUT2D eigenvalue weighted by atomic mass is 16.5. The van der Waals surface area contributed by atoms with Crippen LogP contribution in [0.1, 0.15) is 68.4 Å². The van der Waals surface area contributed by atoms with E-state index in [2.05, 4.69) is 5.16 Å². The fourth-order valence-corrected chi connectivity index (χ4v) is 3.29. The number of aromatic nitrogens is 1. The van der Waals surface area contributed by atoms with Crippen molar-refractivity contribution in [2.75, 3.05) is 7.05 Å². The third-order valence-electron chi connectivity index (χ3n) is 4.79. The Labute approximate surface area is 127 Å². The lowest BCUT2D eigenvalue weighted by Gasteiger charge is -2.30. The second-order valence-electron chi connectivity index (χ2n) is 6.31. The van der Waals surface area contributed by atoms with E-state index in [4.69, 9.17) is 4.52 Å². The van der Waals surface area contributed by atoms with Crippen LogP contribution < -0.4 is 0 Å². The highest BCUT2D eigenvalue weighted by molar-refractivity contribution is 5.76. The van der Waals surface area contributed by atoms with Gasteiger partial charge in [-0.05, 0) is 33.1 Å². The molecule has 1 aromatic rings. The highest BCUT2D eigenvalue weighted by Gasteiger charge is 2.21. The van der Waals surface area contributed by atoms with Crippen molar-refractivity contribution in [1.82, 2.24) is 10.1 Å². The van der Waals surface area contributed by atoms with Gasteiger partial charge >= 0.3 is 0 Å². The first-order chi connectivity index (χ1) is 10.1. The van der Waals surface area contributed by atoms with Crippen LogP contribution in [-0.4, -0.2) is 29.1 Å². The molecule has 1 aliphatic rings. The van der Waals surface area contributed by atoms with E-state index in [0.717, 1.165) is 36.3 Å². The van der Waals surface area contributed by atoms with Gasteiger partial charge in [0.15, 0.2) is 0 Å². The third kappa shape index (κ3) is 4.32. The van der Waals surface area contributed by atoms with Crippen molar-refractivity contribution in [3.05, 3.63) is 17.0 Å². The summed E-state index contributed by atoms with van der Waals surface area (Å²) >= 11 is 0. The Morgan fingerprint density at radius 3 is 2.38 bits per heavy atom. The maximum atomic E-state index is 12.4. The second-order valence-corrected chi connectivity index (χ2v) is 6.31. The van der Waals surface area contributed by atoms with Crippen LogP contribution in [0.15, 0.2) is 4.52 Å². The molecule has 4 heteroatoms. The fraction of sp³-hybridized carbons (Fsp3) is 0.765. The summed E-state index contributed by atoms with van der Waals surface area (Å²) in [5.41, 5.74) is 2.00. The van der Waals surface area contributed by atoms with Crippen molar-refractivity contribution >= 4 is 5.91 Å². The lowest BCUT2D eigenvalue weighted by atomic mass is 9.95. The minimum Gasteiger partial charge on any atom is -0.361 e. The van der Waals surface area contributed by atoms with Crippen molar-refractivity contribution in [3.63, 3.8) is 0 Å². The van der Waals surface area contributed by atoms with Crippen LogP contribution in [0.4, 0.5) is 0 Å². The lowest BCUT2D eigenvalue weighted by molar-refractivity contribution is -0.132. The van der Waals surface area contributed by atoms with Crippen molar-refractivity contribution in [1.29, 1.82) is 0 Å². The number of hydrogen-bond donors (Lipinski definition) is 0. The zero-order valence-electron chi connectivity index (χ0n) is 13.7. The Morgan fingerprint density at radius 1 is 1.19 bits per heavy atom. The molecule has 0 aliphatic heterocycles. The maximum absolute atomic E-state index is 12.4. The molecule has 0 N–H and O–H groups in total. The first-order valence-corrected chi connectivity index (χ1v) is 8.27. The zero-order chi connectivity index (χ0) is 15.2. The molecule has 1 saturated carbocycles. The van der Waals surface area contributed by atoms with E-state index in [-0.39, 0.29) is 5.91 Å². The summed E-state index contributed by atoms with van der Waals surface area (Å²) in [4.78, 5) is 14.4. The number of aryl methyl sites for hydroxylation is 2. The Balaban J connectivity index is 1.86. The smallest absolute Gasteiger partial charge is 0.222 e. The van der Waals surface area contributed by atoms with Crippen molar-refractivity contribution in [3.8, 4) is 0 Å². The summed E-state index contributed by atoms with van der Waals surface area (Å²) in [6.07, 6.45) is 10.1. The minimum absolute atomic E-state index is 0.251. The van der Waals surface area contributed by atoms with E-state index in [9.17, 15) is 4.79 Å². The third-order valence-corrected chi connectivity index (χ3v) is 4.79. The van der Waals surface area contributed by atoms with E-state index in [1.807, 2.05) is 25.8 Å². The van der Waals surface area contributed by atoms with Gasteiger partial charge in [0, 0.05) is 25.1 Å². The van der Waals surface area contributed by atoms with Crippen LogP contribution in [-0.2, 0) is 11.2 Å². The molecule has 0 unspecified atom stereocenters. The van der Waals surface area contributed by atoms with Gasteiger partial charge in [-0.2, -0.15) is 0 Å². The molecular formula is C17H28N2O2. The first-order valence-electron chi connectivity index (χ1n) is 8.27.